The van der Waals surface area contributed by atoms with E-state index in [9.17, 15) is 5.11 Å². The highest BCUT2D eigenvalue weighted by molar-refractivity contribution is 8.03. The van der Waals surface area contributed by atoms with Gasteiger partial charge in [0.25, 0.3) is 0 Å². The van der Waals surface area contributed by atoms with Crippen LogP contribution in [-0.4, -0.2) is 29.4 Å². The number of alkyl halides is 1. The molecule has 1 atom stereocenters. The molecule has 0 saturated heterocycles. The van der Waals surface area contributed by atoms with Crippen molar-refractivity contribution >= 4 is 40.1 Å². The molecule has 0 saturated carbocycles. The first-order valence-corrected chi connectivity index (χ1v) is 11.2. The summed E-state index contributed by atoms with van der Waals surface area (Å²) in [7, 11) is 0. The number of hydrogen-bond donors (Lipinski definition) is 2. The van der Waals surface area contributed by atoms with Gasteiger partial charge in [0.2, 0.25) is 0 Å². The molecule has 0 amide bonds. The average Bonchev–Trinajstić information content (AvgIpc) is 2.87. The van der Waals surface area contributed by atoms with E-state index in [0.29, 0.717) is 17.4 Å². The summed E-state index contributed by atoms with van der Waals surface area (Å²) in [6, 6.07) is 7.85. The zero-order chi connectivity index (χ0) is 22.5. The molecule has 3 nitrogen and oxygen atoms in total. The number of aliphatic hydroxyl groups is 1. The van der Waals surface area contributed by atoms with E-state index >= 15 is 0 Å². The quantitative estimate of drug-likeness (QED) is 0.273. The molecule has 0 spiro atoms. The van der Waals surface area contributed by atoms with Gasteiger partial charge >= 0.3 is 0 Å². The van der Waals surface area contributed by atoms with Gasteiger partial charge < -0.3 is 5.11 Å². The Morgan fingerprint density at radius 2 is 1.93 bits per heavy atom. The van der Waals surface area contributed by atoms with Crippen LogP contribution in [0.1, 0.15) is 19.4 Å². The first-order chi connectivity index (χ1) is 14.4. The molecular weight excluding hydrogens is 435 g/mol. The molecule has 1 aromatic carbocycles. The number of halogens is 2. The van der Waals surface area contributed by atoms with Gasteiger partial charge in [-0.1, -0.05) is 90.7 Å². The Balaban J connectivity index is 0.00000218. The first kappa shape index (κ1) is 26.2. The van der Waals surface area contributed by atoms with Gasteiger partial charge in [-0.15, -0.1) is 11.6 Å². The highest BCUT2D eigenvalue weighted by Crippen LogP contribution is 2.38. The molecule has 2 rings (SSSR count). The second-order valence-electron chi connectivity index (χ2n) is 6.31. The molecule has 30 heavy (non-hydrogen) atoms. The lowest BCUT2D eigenvalue weighted by Gasteiger charge is -2.13. The smallest absolute Gasteiger partial charge is 0.138 e. The van der Waals surface area contributed by atoms with Crippen molar-refractivity contribution in [2.45, 2.75) is 25.0 Å². The van der Waals surface area contributed by atoms with Crippen LogP contribution in [0.15, 0.2) is 106 Å². The summed E-state index contributed by atoms with van der Waals surface area (Å²) < 4.78 is 0. The fourth-order valence-electron chi connectivity index (χ4n) is 2.34. The molecule has 160 valence electrons. The maximum atomic E-state index is 10.3. The average molecular weight is 463 g/mol. The Labute approximate surface area is 194 Å². The Bertz CT molecular complexity index is 898. The maximum absolute atomic E-state index is 10.3. The number of hydrogen-bond acceptors (Lipinski definition) is 4. The predicted molar refractivity (Wildman–Crippen MR) is 135 cm³/mol. The van der Waals surface area contributed by atoms with Crippen molar-refractivity contribution in [1.82, 2.24) is 5.32 Å². The Kier molecular flexibility index (Phi) is 12.4. The number of nitrogens with one attached hydrogen (secondary N) is 1. The minimum absolute atomic E-state index is 0.437. The molecule has 0 fully saturated rings. The summed E-state index contributed by atoms with van der Waals surface area (Å²) in [5.41, 5.74) is 3.40. The normalized spacial score (nSPS) is 17.1. The molecule has 1 heterocycles. The van der Waals surface area contributed by atoms with Crippen molar-refractivity contribution in [2.24, 2.45) is 4.99 Å². The zero-order valence-electron chi connectivity index (χ0n) is 17.5. The van der Waals surface area contributed by atoms with Crippen LogP contribution in [0, 0.1) is 0 Å². The van der Waals surface area contributed by atoms with Gasteiger partial charge in [-0.05, 0) is 31.6 Å². The summed E-state index contributed by atoms with van der Waals surface area (Å²) in [5, 5.41) is 13.9. The summed E-state index contributed by atoms with van der Waals surface area (Å²) in [5.74, 6) is 0. The lowest BCUT2D eigenvalue weighted by atomic mass is 10.2. The molecule has 0 radical (unpaired) electrons. The first-order valence-electron chi connectivity index (χ1n) is 9.25. The van der Waals surface area contributed by atoms with Crippen LogP contribution in [-0.2, 0) is 0 Å². The lowest BCUT2D eigenvalue weighted by molar-refractivity contribution is 0.177. The summed E-state index contributed by atoms with van der Waals surface area (Å²) in [6.07, 6.45) is 12.0. The second kappa shape index (κ2) is 14.2. The fraction of sp³-hybridized carbons (Fsp3) is 0.208. The molecule has 1 aromatic rings. The van der Waals surface area contributed by atoms with Crippen molar-refractivity contribution in [1.29, 1.82) is 0 Å². The van der Waals surface area contributed by atoms with Crippen LogP contribution >= 0.6 is 35.0 Å². The highest BCUT2D eigenvalue weighted by Gasteiger charge is 2.16. The van der Waals surface area contributed by atoms with Crippen molar-refractivity contribution < 1.29 is 5.11 Å². The molecule has 1 unspecified atom stereocenters. The molecule has 0 bridgehead atoms. The van der Waals surface area contributed by atoms with Crippen molar-refractivity contribution in [3.63, 3.8) is 0 Å². The van der Waals surface area contributed by atoms with E-state index in [-0.39, 0.29) is 0 Å². The number of aliphatic imine (C=N–C) groups is 1. The largest absolute Gasteiger partial charge is 0.375 e. The third kappa shape index (κ3) is 8.50. The minimum atomic E-state index is -0.744. The van der Waals surface area contributed by atoms with Crippen LogP contribution in [0.5, 0.6) is 0 Å². The molecule has 2 N–H and O–H groups in total. The second-order valence-corrected chi connectivity index (χ2v) is 7.75. The molecule has 6 heteroatoms. The highest BCUT2D eigenvalue weighted by atomic mass is 35.5. The van der Waals surface area contributed by atoms with E-state index in [1.54, 1.807) is 17.8 Å². The molecule has 0 aliphatic carbocycles. The standard InChI is InChI=1S/C23H25ClN2OS.CH3Cl/c1-5-6-7-10-16(2)15-25-23(27)17(3)13-14-20-18(4)26-22(24)19-11-8-9-12-21(19)28-20;1-2/h5-14,23,25,27H,1,4,15H2,2-3H3;1H3/b7-6-,16-10+,17-13+,20-14+;. The number of rotatable bonds is 7. The van der Waals surface area contributed by atoms with Crippen molar-refractivity contribution in [2.75, 3.05) is 12.9 Å². The van der Waals surface area contributed by atoms with Crippen LogP contribution in [0.4, 0.5) is 0 Å². The van der Waals surface area contributed by atoms with Gasteiger partial charge in [0, 0.05) is 28.3 Å². The molecule has 1 aliphatic heterocycles. The Morgan fingerprint density at radius 3 is 2.63 bits per heavy atom. The lowest BCUT2D eigenvalue weighted by Crippen LogP contribution is -2.31. The number of thioether (sulfide) groups is 1. The minimum Gasteiger partial charge on any atom is -0.375 e. The molecular formula is C24H28Cl2N2OS. The topological polar surface area (TPSA) is 44.6 Å². The number of aliphatic hydroxyl groups excluding tert-OH is 1. The summed E-state index contributed by atoms with van der Waals surface area (Å²) in [6.45, 7) is 12.1. The number of benzene rings is 1. The monoisotopic (exact) mass is 462 g/mol. The third-order valence-electron chi connectivity index (χ3n) is 3.98. The Hall–Kier alpha value is -1.82. The fourth-order valence-corrected chi connectivity index (χ4v) is 3.62. The zero-order valence-corrected chi connectivity index (χ0v) is 19.9. The number of nitrogens with zero attached hydrogens (tertiary/aromatic N) is 1. The van der Waals surface area contributed by atoms with Gasteiger partial charge in [-0.3, -0.25) is 5.32 Å². The predicted octanol–water partition coefficient (Wildman–Crippen LogP) is 6.57. The van der Waals surface area contributed by atoms with Gasteiger partial charge in [-0.2, -0.15) is 0 Å². The van der Waals surface area contributed by atoms with E-state index in [1.165, 1.54) is 6.38 Å². The molecule has 0 aromatic heterocycles. The van der Waals surface area contributed by atoms with Crippen LogP contribution < -0.4 is 5.32 Å². The SMILES string of the molecule is C=C/C=C\C=C(/C)CNC(O)/C(C)=C/C=C1/Sc2ccccc2C(Cl)=NC1=C.CCl. The van der Waals surface area contributed by atoms with Gasteiger partial charge in [0.05, 0.1) is 5.70 Å². The van der Waals surface area contributed by atoms with Crippen LogP contribution in [0.25, 0.3) is 0 Å². The molecule has 1 aliphatic rings. The third-order valence-corrected chi connectivity index (χ3v) is 5.43. The van der Waals surface area contributed by atoms with E-state index in [0.717, 1.165) is 26.5 Å². The van der Waals surface area contributed by atoms with E-state index in [1.807, 2.05) is 68.5 Å². The van der Waals surface area contributed by atoms with Gasteiger partial charge in [0.1, 0.15) is 11.4 Å². The van der Waals surface area contributed by atoms with E-state index < -0.39 is 6.23 Å². The van der Waals surface area contributed by atoms with Gasteiger partial charge in [-0.25, -0.2) is 4.99 Å². The summed E-state index contributed by atoms with van der Waals surface area (Å²) >= 11 is 12.5. The maximum Gasteiger partial charge on any atom is 0.138 e. The summed E-state index contributed by atoms with van der Waals surface area (Å²) in [4.78, 5) is 6.30. The van der Waals surface area contributed by atoms with Crippen LogP contribution in [0.2, 0.25) is 0 Å². The van der Waals surface area contributed by atoms with E-state index in [2.05, 4.69) is 35.1 Å². The number of allylic oxidation sites excluding steroid dienone is 6. The van der Waals surface area contributed by atoms with Crippen LogP contribution in [0.3, 0.4) is 0 Å². The van der Waals surface area contributed by atoms with Crippen molar-refractivity contribution in [3.05, 3.63) is 101 Å². The number of fused-ring (bicyclic) bond motifs is 1. The Morgan fingerprint density at radius 1 is 1.23 bits per heavy atom. The van der Waals surface area contributed by atoms with Gasteiger partial charge in [0.15, 0.2) is 0 Å². The van der Waals surface area contributed by atoms with E-state index in [4.69, 9.17) is 11.6 Å². The van der Waals surface area contributed by atoms with Crippen molar-refractivity contribution in [3.8, 4) is 0 Å².